The monoisotopic (exact) mass is 442 g/mol. The van der Waals surface area contributed by atoms with Crippen LogP contribution in [0.3, 0.4) is 0 Å². The number of ether oxygens (including phenoxy) is 1. The highest BCUT2D eigenvalue weighted by atomic mass is 32.2. The number of fused-ring (bicyclic) bond motifs is 1. The molecule has 1 atom stereocenters. The Hall–Kier alpha value is -2.32. The summed E-state index contributed by atoms with van der Waals surface area (Å²) < 4.78 is 7.18. The maximum atomic E-state index is 12.9. The standard InChI is InChI=1S/C23H30N4O3S/c1-23(2,3)16-8-6-15(7-9-16)22(29)25-21-18-13-31-14-19(18)26-27(21)12-20(28)24-11-17-5-4-10-30-17/h6-9,17H,4-5,10-14H2,1-3H3,(H,24,28)(H,25,29)/t17-/m1/s1. The molecule has 31 heavy (non-hydrogen) atoms. The molecule has 0 unspecified atom stereocenters. The molecule has 2 N–H and O–H groups in total. The normalized spacial score (nSPS) is 18.1. The molecular formula is C23H30N4O3S. The van der Waals surface area contributed by atoms with E-state index in [0.29, 0.717) is 17.9 Å². The maximum Gasteiger partial charge on any atom is 0.256 e. The number of rotatable bonds is 6. The molecule has 3 heterocycles. The van der Waals surface area contributed by atoms with Gasteiger partial charge in [0.1, 0.15) is 12.4 Å². The van der Waals surface area contributed by atoms with Crippen LogP contribution in [0.1, 0.15) is 60.8 Å². The number of hydrogen-bond donors (Lipinski definition) is 2. The number of hydrogen-bond acceptors (Lipinski definition) is 5. The zero-order chi connectivity index (χ0) is 22.0. The Kier molecular flexibility index (Phi) is 6.39. The highest BCUT2D eigenvalue weighted by Crippen LogP contribution is 2.35. The van der Waals surface area contributed by atoms with Gasteiger partial charge in [-0.2, -0.15) is 16.9 Å². The summed E-state index contributed by atoms with van der Waals surface area (Å²) in [6.07, 6.45) is 2.11. The minimum Gasteiger partial charge on any atom is -0.376 e. The van der Waals surface area contributed by atoms with Crippen LogP contribution in [0.25, 0.3) is 0 Å². The Morgan fingerprint density at radius 2 is 2.00 bits per heavy atom. The number of thioether (sulfide) groups is 1. The summed E-state index contributed by atoms with van der Waals surface area (Å²) in [6, 6.07) is 7.68. The van der Waals surface area contributed by atoms with Crippen molar-refractivity contribution in [2.24, 2.45) is 0 Å². The first-order valence-corrected chi connectivity index (χ1v) is 11.9. The molecule has 7 nitrogen and oxygen atoms in total. The Labute approximate surface area is 187 Å². The van der Waals surface area contributed by atoms with Crippen LogP contribution in [-0.4, -0.2) is 40.9 Å². The van der Waals surface area contributed by atoms with Crippen molar-refractivity contribution in [2.45, 2.75) is 63.2 Å². The SMILES string of the molecule is CC(C)(C)c1ccc(C(=O)Nc2c3c(nn2CC(=O)NC[C@H]2CCCO2)CSC3)cc1. The van der Waals surface area contributed by atoms with Crippen LogP contribution in [-0.2, 0) is 33.0 Å². The summed E-state index contributed by atoms with van der Waals surface area (Å²) in [5.41, 5.74) is 3.74. The van der Waals surface area contributed by atoms with Gasteiger partial charge in [0.2, 0.25) is 5.91 Å². The largest absolute Gasteiger partial charge is 0.376 e. The molecule has 4 rings (SSSR count). The summed E-state index contributed by atoms with van der Waals surface area (Å²) in [5, 5.41) is 10.5. The molecule has 2 aliphatic heterocycles. The van der Waals surface area contributed by atoms with Gasteiger partial charge >= 0.3 is 0 Å². The van der Waals surface area contributed by atoms with Crippen molar-refractivity contribution < 1.29 is 14.3 Å². The van der Waals surface area contributed by atoms with Gasteiger partial charge in [0.25, 0.3) is 5.91 Å². The second-order valence-electron chi connectivity index (χ2n) is 9.14. The van der Waals surface area contributed by atoms with E-state index >= 15 is 0 Å². The van der Waals surface area contributed by atoms with Gasteiger partial charge in [-0.15, -0.1) is 0 Å². The van der Waals surface area contributed by atoms with Crippen LogP contribution < -0.4 is 10.6 Å². The Morgan fingerprint density at radius 3 is 2.68 bits per heavy atom. The fourth-order valence-corrected chi connectivity index (χ4v) is 4.88. The lowest BCUT2D eigenvalue weighted by atomic mass is 9.87. The Balaban J connectivity index is 1.46. The molecule has 0 spiro atoms. The van der Waals surface area contributed by atoms with Gasteiger partial charge in [0.05, 0.1) is 11.8 Å². The molecule has 2 aliphatic rings. The smallest absolute Gasteiger partial charge is 0.256 e. The summed E-state index contributed by atoms with van der Waals surface area (Å²) in [6.45, 7) is 7.78. The highest BCUT2D eigenvalue weighted by molar-refractivity contribution is 7.98. The second kappa shape index (κ2) is 9.04. The molecule has 166 valence electrons. The predicted molar refractivity (Wildman–Crippen MR) is 122 cm³/mol. The van der Waals surface area contributed by atoms with Crippen molar-refractivity contribution in [3.05, 3.63) is 46.6 Å². The lowest BCUT2D eigenvalue weighted by Gasteiger charge is -2.19. The molecule has 8 heteroatoms. The Morgan fingerprint density at radius 1 is 1.23 bits per heavy atom. The summed E-state index contributed by atoms with van der Waals surface area (Å²) in [7, 11) is 0. The molecule has 0 aliphatic carbocycles. The zero-order valence-electron chi connectivity index (χ0n) is 18.4. The average Bonchev–Trinajstić information content (AvgIpc) is 3.46. The van der Waals surface area contributed by atoms with E-state index in [1.165, 1.54) is 5.56 Å². The Bertz CT molecular complexity index is 956. The predicted octanol–water partition coefficient (Wildman–Crippen LogP) is 3.47. The number of amides is 2. The van der Waals surface area contributed by atoms with E-state index in [4.69, 9.17) is 4.74 Å². The lowest BCUT2D eigenvalue weighted by molar-refractivity contribution is -0.122. The topological polar surface area (TPSA) is 85.2 Å². The van der Waals surface area contributed by atoms with Crippen LogP contribution in [0.15, 0.2) is 24.3 Å². The molecule has 0 saturated carbocycles. The number of carbonyl (C=O) groups is 2. The van der Waals surface area contributed by atoms with Gasteiger partial charge in [-0.1, -0.05) is 32.9 Å². The molecule has 1 aromatic carbocycles. The third-order valence-corrected chi connectivity index (χ3v) is 6.68. The van der Waals surface area contributed by atoms with Gasteiger partial charge in [-0.25, -0.2) is 4.68 Å². The van der Waals surface area contributed by atoms with Crippen LogP contribution >= 0.6 is 11.8 Å². The fraction of sp³-hybridized carbons (Fsp3) is 0.522. The molecule has 1 fully saturated rings. The van der Waals surface area contributed by atoms with E-state index in [0.717, 1.165) is 42.2 Å². The van der Waals surface area contributed by atoms with Gasteiger partial charge in [-0.3, -0.25) is 9.59 Å². The number of aromatic nitrogens is 2. The number of nitrogens with one attached hydrogen (secondary N) is 2. The van der Waals surface area contributed by atoms with Crippen LogP contribution in [0.4, 0.5) is 5.82 Å². The van der Waals surface area contributed by atoms with E-state index in [1.807, 2.05) is 24.3 Å². The van der Waals surface area contributed by atoms with E-state index in [-0.39, 0.29) is 29.9 Å². The summed E-state index contributed by atoms with van der Waals surface area (Å²) >= 11 is 1.76. The number of nitrogens with zero attached hydrogens (tertiary/aromatic N) is 2. The van der Waals surface area contributed by atoms with E-state index < -0.39 is 0 Å². The third kappa shape index (κ3) is 5.13. The first kappa shape index (κ1) is 21.9. The van der Waals surface area contributed by atoms with Crippen molar-refractivity contribution in [3.63, 3.8) is 0 Å². The molecule has 1 aromatic heterocycles. The van der Waals surface area contributed by atoms with Crippen LogP contribution in [0.2, 0.25) is 0 Å². The van der Waals surface area contributed by atoms with Crippen molar-refractivity contribution >= 4 is 29.4 Å². The minimum absolute atomic E-state index is 0.0303. The minimum atomic E-state index is -0.193. The first-order valence-electron chi connectivity index (χ1n) is 10.8. The molecular weight excluding hydrogens is 412 g/mol. The van der Waals surface area contributed by atoms with Gasteiger partial charge in [0.15, 0.2) is 0 Å². The van der Waals surface area contributed by atoms with Crippen LogP contribution in [0, 0.1) is 0 Å². The maximum absolute atomic E-state index is 12.9. The highest BCUT2D eigenvalue weighted by Gasteiger charge is 2.26. The zero-order valence-corrected chi connectivity index (χ0v) is 19.2. The molecule has 0 radical (unpaired) electrons. The number of carbonyl (C=O) groups excluding carboxylic acids is 2. The summed E-state index contributed by atoms with van der Waals surface area (Å²) in [4.78, 5) is 25.4. The van der Waals surface area contributed by atoms with Crippen LogP contribution in [0.5, 0.6) is 0 Å². The van der Waals surface area contributed by atoms with Crippen molar-refractivity contribution in [1.29, 1.82) is 0 Å². The molecule has 1 saturated heterocycles. The van der Waals surface area contributed by atoms with Gasteiger partial charge in [-0.05, 0) is 36.0 Å². The molecule has 0 bridgehead atoms. The van der Waals surface area contributed by atoms with Crippen molar-refractivity contribution in [3.8, 4) is 0 Å². The van der Waals surface area contributed by atoms with Gasteiger partial charge in [0, 0.05) is 35.8 Å². The lowest BCUT2D eigenvalue weighted by Crippen LogP contribution is -2.34. The second-order valence-corrected chi connectivity index (χ2v) is 10.1. The molecule has 2 aromatic rings. The first-order chi connectivity index (χ1) is 14.8. The van der Waals surface area contributed by atoms with E-state index in [1.54, 1.807) is 16.4 Å². The molecule has 2 amide bonds. The number of anilines is 1. The van der Waals surface area contributed by atoms with E-state index in [2.05, 4.69) is 36.5 Å². The quantitative estimate of drug-likeness (QED) is 0.716. The van der Waals surface area contributed by atoms with Gasteiger partial charge < -0.3 is 15.4 Å². The van der Waals surface area contributed by atoms with Crippen molar-refractivity contribution in [1.82, 2.24) is 15.1 Å². The average molecular weight is 443 g/mol. The van der Waals surface area contributed by atoms with E-state index in [9.17, 15) is 9.59 Å². The third-order valence-electron chi connectivity index (χ3n) is 5.71. The fourth-order valence-electron chi connectivity index (χ4n) is 3.85. The summed E-state index contributed by atoms with van der Waals surface area (Å²) in [5.74, 6) is 1.88. The van der Waals surface area contributed by atoms with Crippen molar-refractivity contribution in [2.75, 3.05) is 18.5 Å². The number of benzene rings is 1.